The number of aromatic nitrogens is 3. The number of fused-ring (bicyclic) bond motifs is 1. The number of anilines is 1. The van der Waals surface area contributed by atoms with Crippen LogP contribution in [0.15, 0.2) is 66.9 Å². The Morgan fingerprint density at radius 3 is 2.68 bits per heavy atom. The molecule has 2 aromatic carbocycles. The average Bonchev–Trinajstić information content (AvgIpc) is 3.30. The average molecular weight is 454 g/mol. The highest BCUT2D eigenvalue weighted by atomic mass is 16.5. The number of nitrogens with one attached hydrogen (secondary N) is 1. The van der Waals surface area contributed by atoms with Crippen molar-refractivity contribution >= 4 is 22.6 Å². The van der Waals surface area contributed by atoms with E-state index in [0.717, 1.165) is 41.3 Å². The fourth-order valence-corrected chi connectivity index (χ4v) is 4.71. The van der Waals surface area contributed by atoms with E-state index < -0.39 is 0 Å². The minimum absolute atomic E-state index is 0.0395. The summed E-state index contributed by atoms with van der Waals surface area (Å²) < 4.78 is 5.33. The molecule has 5 rings (SSSR count). The van der Waals surface area contributed by atoms with Gasteiger partial charge in [0.05, 0.1) is 23.5 Å². The third-order valence-corrected chi connectivity index (χ3v) is 6.42. The number of nitrogens with two attached hydrogens (primary N) is 1. The number of methoxy groups -OCH3 is 1. The number of hydrogen-bond donors (Lipinski definition) is 2. The maximum Gasteiger partial charge on any atom is 0.273 e. The molecule has 7 nitrogen and oxygen atoms in total. The van der Waals surface area contributed by atoms with Gasteiger partial charge in [-0.3, -0.25) is 9.78 Å². The van der Waals surface area contributed by atoms with Crippen molar-refractivity contribution in [2.24, 2.45) is 5.92 Å². The zero-order valence-corrected chi connectivity index (χ0v) is 19.1. The third-order valence-electron chi connectivity index (χ3n) is 6.42. The summed E-state index contributed by atoms with van der Waals surface area (Å²) in [6.45, 7) is 0.620. The minimum Gasteiger partial charge on any atom is -0.384 e. The largest absolute Gasteiger partial charge is 0.384 e. The van der Waals surface area contributed by atoms with Crippen LogP contribution in [0, 0.1) is 5.92 Å². The first kappa shape index (κ1) is 22.0. The quantitative estimate of drug-likeness (QED) is 0.446. The van der Waals surface area contributed by atoms with Crippen molar-refractivity contribution in [3.63, 3.8) is 0 Å². The van der Waals surface area contributed by atoms with Gasteiger partial charge in [-0.15, -0.1) is 0 Å². The number of hydrogen-bond acceptors (Lipinski definition) is 6. The zero-order valence-electron chi connectivity index (χ0n) is 19.1. The lowest BCUT2D eigenvalue weighted by Crippen LogP contribution is -2.39. The highest BCUT2D eigenvalue weighted by molar-refractivity contribution is 5.98. The topological polar surface area (TPSA) is 103 Å². The molecule has 0 saturated heterocycles. The van der Waals surface area contributed by atoms with E-state index in [1.54, 1.807) is 13.3 Å². The molecule has 172 valence electrons. The Balaban J connectivity index is 1.58. The Hall–Kier alpha value is -3.84. The Labute approximate surface area is 198 Å². The molecule has 0 aliphatic heterocycles. The predicted octanol–water partition coefficient (Wildman–Crippen LogP) is 4.49. The van der Waals surface area contributed by atoms with Gasteiger partial charge in [0.1, 0.15) is 0 Å². The van der Waals surface area contributed by atoms with Crippen molar-refractivity contribution in [3.05, 3.63) is 72.6 Å². The minimum atomic E-state index is -0.304. The van der Waals surface area contributed by atoms with E-state index in [2.05, 4.69) is 15.3 Å². The summed E-state index contributed by atoms with van der Waals surface area (Å²) in [5, 5.41) is 4.11. The van der Waals surface area contributed by atoms with Gasteiger partial charge >= 0.3 is 0 Å². The van der Waals surface area contributed by atoms with Gasteiger partial charge in [0, 0.05) is 41.8 Å². The van der Waals surface area contributed by atoms with Gasteiger partial charge in [0.15, 0.2) is 11.5 Å². The number of nitrogen functional groups attached to an aromatic ring is 1. The van der Waals surface area contributed by atoms with Crippen LogP contribution in [0.5, 0.6) is 0 Å². The van der Waals surface area contributed by atoms with Gasteiger partial charge in [-0.05, 0) is 31.0 Å². The van der Waals surface area contributed by atoms with E-state index in [9.17, 15) is 4.79 Å². The van der Waals surface area contributed by atoms with Gasteiger partial charge in [-0.25, -0.2) is 9.97 Å². The Morgan fingerprint density at radius 2 is 1.85 bits per heavy atom. The molecule has 0 spiro atoms. The molecule has 34 heavy (non-hydrogen) atoms. The smallest absolute Gasteiger partial charge is 0.273 e. The van der Waals surface area contributed by atoms with Crippen molar-refractivity contribution in [2.45, 2.75) is 25.3 Å². The van der Waals surface area contributed by atoms with E-state index in [0.29, 0.717) is 23.9 Å². The molecule has 4 aromatic rings. The van der Waals surface area contributed by atoms with Crippen molar-refractivity contribution in [2.75, 3.05) is 19.5 Å². The van der Waals surface area contributed by atoms with Crippen LogP contribution in [-0.2, 0) is 4.74 Å². The maximum atomic E-state index is 13.3. The maximum absolute atomic E-state index is 13.3. The molecule has 1 saturated carbocycles. The first-order valence-electron chi connectivity index (χ1n) is 11.5. The summed E-state index contributed by atoms with van der Waals surface area (Å²) in [5.41, 5.74) is 10.3. The Morgan fingerprint density at radius 1 is 1.03 bits per heavy atom. The van der Waals surface area contributed by atoms with Crippen molar-refractivity contribution in [1.82, 2.24) is 20.3 Å². The van der Waals surface area contributed by atoms with Crippen LogP contribution in [0.2, 0.25) is 0 Å². The molecule has 0 radical (unpaired) electrons. The summed E-state index contributed by atoms with van der Waals surface area (Å²) in [5.74, 6) is 0.101. The predicted molar refractivity (Wildman–Crippen MR) is 133 cm³/mol. The van der Waals surface area contributed by atoms with E-state index >= 15 is 0 Å². The van der Waals surface area contributed by atoms with Gasteiger partial charge in [-0.1, -0.05) is 48.9 Å². The summed E-state index contributed by atoms with van der Waals surface area (Å²) in [4.78, 5) is 27.1. The van der Waals surface area contributed by atoms with Crippen LogP contribution in [0.4, 0.5) is 5.82 Å². The summed E-state index contributed by atoms with van der Waals surface area (Å²) in [7, 11) is 1.69. The fourth-order valence-electron chi connectivity index (χ4n) is 4.71. The second-order valence-corrected chi connectivity index (χ2v) is 8.66. The van der Waals surface area contributed by atoms with Gasteiger partial charge in [-0.2, -0.15) is 0 Å². The summed E-state index contributed by atoms with van der Waals surface area (Å²) in [6.07, 6.45) is 4.77. The highest BCUT2D eigenvalue weighted by Gasteiger charge is 2.30. The van der Waals surface area contributed by atoms with Gasteiger partial charge in [0.2, 0.25) is 0 Å². The zero-order chi connectivity index (χ0) is 23.5. The monoisotopic (exact) mass is 453 g/mol. The molecule has 7 heteroatoms. The molecular formula is C27H27N5O2. The van der Waals surface area contributed by atoms with Crippen LogP contribution in [-0.4, -0.2) is 40.6 Å². The van der Waals surface area contributed by atoms with Gasteiger partial charge in [0.25, 0.3) is 5.91 Å². The molecule has 1 aliphatic rings. The number of carbonyl (C=O) groups excluding carboxylic acids is 1. The van der Waals surface area contributed by atoms with Gasteiger partial charge < -0.3 is 15.8 Å². The Kier molecular flexibility index (Phi) is 6.18. The first-order valence-corrected chi connectivity index (χ1v) is 11.5. The summed E-state index contributed by atoms with van der Waals surface area (Å²) >= 11 is 0. The number of ether oxygens (including phenoxy) is 1. The SMILES string of the molecule is COC[C@H]1CCC[C@H]1NC(=O)c1nc(-c2ccc3ncccc3c2)c(-c2ccccc2)nc1N. The second kappa shape index (κ2) is 9.57. The number of amides is 1. The normalized spacial score (nSPS) is 17.7. The number of rotatable bonds is 6. The lowest BCUT2D eigenvalue weighted by Gasteiger charge is -2.21. The van der Waals surface area contributed by atoms with Crippen LogP contribution >= 0.6 is 0 Å². The van der Waals surface area contributed by atoms with Crippen LogP contribution in [0.3, 0.4) is 0 Å². The van der Waals surface area contributed by atoms with E-state index in [-0.39, 0.29) is 23.5 Å². The molecule has 1 fully saturated rings. The fraction of sp³-hybridized carbons (Fsp3) is 0.259. The molecule has 2 heterocycles. The number of pyridine rings is 1. The van der Waals surface area contributed by atoms with Crippen LogP contribution in [0.25, 0.3) is 33.4 Å². The Bertz CT molecular complexity index is 1330. The molecule has 2 aromatic heterocycles. The first-order chi connectivity index (χ1) is 16.6. The van der Waals surface area contributed by atoms with E-state index in [1.807, 2.05) is 60.7 Å². The highest BCUT2D eigenvalue weighted by Crippen LogP contribution is 2.32. The third kappa shape index (κ3) is 4.34. The number of carbonyl (C=O) groups is 1. The molecule has 0 unspecified atom stereocenters. The van der Waals surface area contributed by atoms with Crippen LogP contribution in [0.1, 0.15) is 29.8 Å². The number of nitrogens with zero attached hydrogens (tertiary/aromatic N) is 3. The molecule has 2 atom stereocenters. The lowest BCUT2D eigenvalue weighted by molar-refractivity contribution is 0.0894. The van der Waals surface area contributed by atoms with Crippen molar-refractivity contribution in [1.29, 1.82) is 0 Å². The molecular weight excluding hydrogens is 426 g/mol. The van der Waals surface area contributed by atoms with Crippen molar-refractivity contribution < 1.29 is 9.53 Å². The van der Waals surface area contributed by atoms with Crippen molar-refractivity contribution in [3.8, 4) is 22.5 Å². The molecule has 0 bridgehead atoms. The number of benzene rings is 2. The van der Waals surface area contributed by atoms with E-state index in [4.69, 9.17) is 15.5 Å². The van der Waals surface area contributed by atoms with E-state index in [1.165, 1.54) is 0 Å². The second-order valence-electron chi connectivity index (χ2n) is 8.66. The standard InChI is InChI=1S/C27H27N5O2/c1-34-16-20-9-5-11-22(20)30-27(33)25-26(28)32-23(17-7-3-2-4-8-17)24(31-25)19-12-13-21-18(15-19)10-6-14-29-21/h2-4,6-8,10,12-15,20,22H,5,9,11,16H2,1H3,(H2,28,32)(H,30,33)/t20-,22-/m1/s1. The molecule has 3 N–H and O–H groups in total. The van der Waals surface area contributed by atoms with Crippen LogP contribution < -0.4 is 11.1 Å². The molecule has 1 aliphatic carbocycles. The summed E-state index contributed by atoms with van der Waals surface area (Å²) in [6, 6.07) is 19.6. The molecule has 1 amide bonds. The lowest BCUT2D eigenvalue weighted by atomic mass is 10.0.